The van der Waals surface area contributed by atoms with Crippen LogP contribution in [0.5, 0.6) is 0 Å². The number of carbonyl (C=O) groups excluding carboxylic acids is 2. The normalized spacial score (nSPS) is 12.9. The molecule has 0 aliphatic carbocycles. The summed E-state index contributed by atoms with van der Waals surface area (Å²) in [5, 5.41) is 8.23. The Balaban J connectivity index is 1.78. The van der Waals surface area contributed by atoms with Crippen molar-refractivity contribution in [1.29, 1.82) is 0 Å². The van der Waals surface area contributed by atoms with Crippen LogP contribution in [0.4, 0.5) is 5.69 Å². The Morgan fingerprint density at radius 2 is 1.85 bits per heavy atom. The molecule has 7 heteroatoms. The number of fused-ring (bicyclic) bond motifs is 3. The van der Waals surface area contributed by atoms with Crippen molar-refractivity contribution in [3.05, 3.63) is 65.9 Å². The molecular formula is C20H18N4O3. The molecule has 0 atom stereocenters. The summed E-state index contributed by atoms with van der Waals surface area (Å²) in [6.07, 6.45) is 0. The average Bonchev–Trinajstić information content (AvgIpc) is 3.02. The van der Waals surface area contributed by atoms with Crippen LogP contribution in [0.1, 0.15) is 18.2 Å². The van der Waals surface area contributed by atoms with Gasteiger partial charge in [0.15, 0.2) is 0 Å². The Bertz CT molecular complexity index is 997. The largest absolute Gasteiger partial charge is 0.459 e. The third-order valence-electron chi connectivity index (χ3n) is 4.44. The van der Waals surface area contributed by atoms with E-state index in [1.165, 1.54) is 6.92 Å². The quantitative estimate of drug-likeness (QED) is 0.667. The molecule has 4 rings (SSSR count). The van der Waals surface area contributed by atoms with Gasteiger partial charge in [0.05, 0.1) is 17.9 Å². The van der Waals surface area contributed by atoms with Crippen LogP contribution in [0.2, 0.25) is 0 Å². The number of amides is 1. The van der Waals surface area contributed by atoms with Crippen LogP contribution >= 0.6 is 0 Å². The van der Waals surface area contributed by atoms with Crippen molar-refractivity contribution < 1.29 is 14.3 Å². The number of hydrogen-bond acceptors (Lipinski definition) is 5. The lowest BCUT2D eigenvalue weighted by Crippen LogP contribution is -2.32. The Labute approximate surface area is 156 Å². The molecule has 3 aromatic rings. The molecule has 0 fully saturated rings. The van der Waals surface area contributed by atoms with E-state index in [4.69, 9.17) is 4.74 Å². The maximum absolute atomic E-state index is 13.0. The summed E-state index contributed by atoms with van der Waals surface area (Å²) in [5.41, 5.74) is 3.91. The van der Waals surface area contributed by atoms with Gasteiger partial charge in [-0.15, -0.1) is 5.10 Å². The van der Waals surface area contributed by atoms with E-state index in [0.29, 0.717) is 17.9 Å². The molecule has 1 aromatic heterocycles. The predicted molar refractivity (Wildman–Crippen MR) is 98.6 cm³/mol. The molecule has 0 spiro atoms. The third-order valence-corrected chi connectivity index (χ3v) is 4.44. The van der Waals surface area contributed by atoms with E-state index in [0.717, 1.165) is 16.8 Å². The first-order valence-corrected chi connectivity index (χ1v) is 8.63. The second kappa shape index (κ2) is 7.03. The molecule has 136 valence electrons. The second-order valence-corrected chi connectivity index (χ2v) is 6.31. The molecule has 2 heterocycles. The van der Waals surface area contributed by atoms with Gasteiger partial charge in [0.1, 0.15) is 18.8 Å². The highest BCUT2D eigenvalue weighted by Crippen LogP contribution is 2.36. The smallest absolute Gasteiger partial charge is 0.303 e. The van der Waals surface area contributed by atoms with Crippen molar-refractivity contribution in [2.45, 2.75) is 26.6 Å². The van der Waals surface area contributed by atoms with Gasteiger partial charge in [-0.3, -0.25) is 9.59 Å². The highest BCUT2D eigenvalue weighted by atomic mass is 16.5. The van der Waals surface area contributed by atoms with Crippen LogP contribution in [-0.4, -0.2) is 26.9 Å². The van der Waals surface area contributed by atoms with Gasteiger partial charge in [-0.05, 0) is 11.6 Å². The Morgan fingerprint density at radius 1 is 1.11 bits per heavy atom. The topological polar surface area (TPSA) is 77.3 Å². The predicted octanol–water partition coefficient (Wildman–Crippen LogP) is 2.56. The van der Waals surface area contributed by atoms with Crippen LogP contribution in [0.3, 0.4) is 0 Å². The van der Waals surface area contributed by atoms with Crippen LogP contribution in [-0.2, 0) is 34.0 Å². The Morgan fingerprint density at radius 3 is 2.63 bits per heavy atom. The molecule has 0 saturated carbocycles. The monoisotopic (exact) mass is 362 g/mol. The number of rotatable bonds is 4. The molecule has 0 N–H and O–H groups in total. The minimum Gasteiger partial charge on any atom is -0.459 e. The number of para-hydroxylation sites is 1. The van der Waals surface area contributed by atoms with Crippen LogP contribution in [0, 0.1) is 0 Å². The maximum Gasteiger partial charge on any atom is 0.303 e. The molecule has 2 aromatic carbocycles. The molecule has 7 nitrogen and oxygen atoms in total. The van der Waals surface area contributed by atoms with Crippen molar-refractivity contribution in [3.63, 3.8) is 0 Å². The third kappa shape index (κ3) is 3.31. The van der Waals surface area contributed by atoms with Crippen molar-refractivity contribution in [2.24, 2.45) is 0 Å². The lowest BCUT2D eigenvalue weighted by molar-refractivity contribution is -0.142. The van der Waals surface area contributed by atoms with Crippen LogP contribution in [0.25, 0.3) is 11.3 Å². The molecule has 0 bridgehead atoms. The molecule has 1 aliphatic heterocycles. The van der Waals surface area contributed by atoms with E-state index in [1.54, 1.807) is 9.58 Å². The van der Waals surface area contributed by atoms with E-state index in [-0.39, 0.29) is 25.0 Å². The molecule has 1 amide bonds. The fourth-order valence-electron chi connectivity index (χ4n) is 3.22. The maximum atomic E-state index is 13.0. The summed E-state index contributed by atoms with van der Waals surface area (Å²) in [7, 11) is 0. The average molecular weight is 362 g/mol. The zero-order chi connectivity index (χ0) is 18.8. The van der Waals surface area contributed by atoms with E-state index < -0.39 is 0 Å². The van der Waals surface area contributed by atoms with Gasteiger partial charge in [0, 0.05) is 12.5 Å². The van der Waals surface area contributed by atoms with Gasteiger partial charge < -0.3 is 9.64 Å². The summed E-state index contributed by atoms with van der Waals surface area (Å²) in [6.45, 7) is 1.91. The van der Waals surface area contributed by atoms with Crippen molar-refractivity contribution in [2.75, 3.05) is 4.90 Å². The van der Waals surface area contributed by atoms with Gasteiger partial charge in [-0.25, -0.2) is 4.68 Å². The first-order chi connectivity index (χ1) is 13.1. The van der Waals surface area contributed by atoms with E-state index in [2.05, 4.69) is 10.3 Å². The lowest BCUT2D eigenvalue weighted by atomic mass is 10.1. The number of nitrogens with zero attached hydrogens (tertiary/aromatic N) is 4. The minimum absolute atomic E-state index is 0.0197. The van der Waals surface area contributed by atoms with Gasteiger partial charge >= 0.3 is 5.97 Å². The highest BCUT2D eigenvalue weighted by molar-refractivity contribution is 5.99. The number of benzene rings is 2. The summed E-state index contributed by atoms with van der Waals surface area (Å²) < 4.78 is 6.68. The fraction of sp³-hybridized carbons (Fsp3) is 0.200. The number of anilines is 1. The fourth-order valence-corrected chi connectivity index (χ4v) is 3.22. The lowest BCUT2D eigenvalue weighted by Gasteiger charge is -2.22. The number of hydrogen-bond donors (Lipinski definition) is 0. The summed E-state index contributed by atoms with van der Waals surface area (Å²) in [4.78, 5) is 25.9. The summed E-state index contributed by atoms with van der Waals surface area (Å²) >= 11 is 0. The Hall–Kier alpha value is -3.48. The first-order valence-electron chi connectivity index (χ1n) is 8.63. The summed E-state index contributed by atoms with van der Waals surface area (Å²) in [5.74, 6) is -0.463. The zero-order valence-electron chi connectivity index (χ0n) is 14.8. The van der Waals surface area contributed by atoms with Gasteiger partial charge in [-0.1, -0.05) is 53.7 Å². The minimum atomic E-state index is -0.388. The van der Waals surface area contributed by atoms with Crippen molar-refractivity contribution in [3.8, 4) is 11.3 Å². The molecule has 0 unspecified atom stereocenters. The van der Waals surface area contributed by atoms with Crippen molar-refractivity contribution in [1.82, 2.24) is 15.0 Å². The summed E-state index contributed by atoms with van der Waals surface area (Å²) in [6, 6.07) is 17.5. The van der Waals surface area contributed by atoms with Gasteiger partial charge in [0.2, 0.25) is 5.91 Å². The highest BCUT2D eigenvalue weighted by Gasteiger charge is 2.29. The van der Waals surface area contributed by atoms with E-state index >= 15 is 0 Å². The SMILES string of the molecule is CC(=O)OCc1nnn2c1-c1ccccc1N(Cc1ccccc1)C(=O)C2. The van der Waals surface area contributed by atoms with Gasteiger partial charge in [-0.2, -0.15) is 0 Å². The standard InChI is InChI=1S/C20H18N4O3/c1-14(25)27-13-17-20-16-9-5-6-10-18(16)23(11-15-7-3-2-4-8-15)19(26)12-24(20)22-21-17/h2-10H,11-13H2,1H3. The van der Waals surface area contributed by atoms with Crippen LogP contribution < -0.4 is 4.90 Å². The van der Waals surface area contributed by atoms with Crippen molar-refractivity contribution >= 4 is 17.6 Å². The van der Waals surface area contributed by atoms with Gasteiger partial charge in [0.25, 0.3) is 0 Å². The van der Waals surface area contributed by atoms with Crippen LogP contribution in [0.15, 0.2) is 54.6 Å². The Kier molecular flexibility index (Phi) is 4.42. The van der Waals surface area contributed by atoms with E-state index in [9.17, 15) is 9.59 Å². The molecule has 27 heavy (non-hydrogen) atoms. The number of aromatic nitrogens is 3. The molecule has 1 aliphatic rings. The number of carbonyl (C=O) groups is 2. The number of esters is 1. The molecular weight excluding hydrogens is 344 g/mol. The molecule has 0 radical (unpaired) electrons. The second-order valence-electron chi connectivity index (χ2n) is 6.31. The first kappa shape index (κ1) is 17.0. The number of ether oxygens (including phenoxy) is 1. The zero-order valence-corrected chi connectivity index (χ0v) is 14.8. The molecule has 0 saturated heterocycles. The van der Waals surface area contributed by atoms with E-state index in [1.807, 2.05) is 54.6 Å².